The van der Waals surface area contributed by atoms with Crippen molar-refractivity contribution in [2.24, 2.45) is 0 Å². The van der Waals surface area contributed by atoms with Crippen molar-refractivity contribution >= 4 is 17.6 Å². The van der Waals surface area contributed by atoms with Crippen LogP contribution >= 0.6 is 11.6 Å². The highest BCUT2D eigenvalue weighted by molar-refractivity contribution is 6.30. The normalized spacial score (nSPS) is 24.3. The minimum absolute atomic E-state index is 0.304. The molecule has 2 aromatic rings. The molecular weight excluding hydrogens is 392 g/mol. The Hall–Kier alpha value is -2.44. The summed E-state index contributed by atoms with van der Waals surface area (Å²) in [7, 11) is 0. The highest BCUT2D eigenvalue weighted by atomic mass is 35.5. The van der Waals surface area contributed by atoms with Gasteiger partial charge in [0, 0.05) is 9.95 Å². The van der Waals surface area contributed by atoms with Gasteiger partial charge in [-0.2, -0.15) is 0 Å². The number of carbonyl (C=O) groups is 1. The number of nitrogens with one attached hydrogen (secondary N) is 1. The Kier molecular flexibility index (Phi) is 5.96. The lowest BCUT2D eigenvalue weighted by molar-refractivity contribution is -0.527. The van der Waals surface area contributed by atoms with Crippen LogP contribution in [0.3, 0.4) is 0 Å². The molecule has 1 saturated heterocycles. The van der Waals surface area contributed by atoms with Gasteiger partial charge in [0.05, 0.1) is 5.92 Å². The van der Waals surface area contributed by atoms with Crippen molar-refractivity contribution in [2.45, 2.75) is 57.3 Å². The third-order valence-corrected chi connectivity index (χ3v) is 5.28. The summed E-state index contributed by atoms with van der Waals surface area (Å²) in [5.41, 5.74) is 1.79. The number of rotatable bonds is 4. The van der Waals surface area contributed by atoms with Gasteiger partial charge in [-0.25, -0.2) is 0 Å². The largest absolute Gasteiger partial charge is 0.459 e. The second-order valence-corrected chi connectivity index (χ2v) is 8.86. The van der Waals surface area contributed by atoms with Crippen LogP contribution in [0.2, 0.25) is 5.02 Å². The number of aryl methyl sites for hydroxylation is 1. The van der Waals surface area contributed by atoms with E-state index in [2.05, 4.69) is 5.32 Å². The third-order valence-electron chi connectivity index (χ3n) is 5.02. The van der Waals surface area contributed by atoms with Crippen molar-refractivity contribution in [2.75, 3.05) is 0 Å². The molecule has 4 atom stereocenters. The van der Waals surface area contributed by atoms with Gasteiger partial charge in [0.25, 0.3) is 0 Å². The number of hydrogen-bond acceptors (Lipinski definition) is 5. The molecule has 29 heavy (non-hydrogen) atoms. The second kappa shape index (κ2) is 8.13. The van der Waals surface area contributed by atoms with E-state index in [1.54, 1.807) is 45.0 Å². The first kappa shape index (κ1) is 21.3. The van der Waals surface area contributed by atoms with Gasteiger partial charge >= 0.3 is 5.97 Å². The molecule has 0 spiro atoms. The van der Waals surface area contributed by atoms with Crippen LogP contribution in [-0.4, -0.2) is 28.6 Å². The lowest BCUT2D eigenvalue weighted by atomic mass is 9.85. The fourth-order valence-electron chi connectivity index (χ4n) is 3.77. The zero-order valence-corrected chi connectivity index (χ0v) is 17.6. The van der Waals surface area contributed by atoms with Crippen LogP contribution in [0.4, 0.5) is 0 Å². The van der Waals surface area contributed by atoms with E-state index in [1.165, 1.54) is 0 Å². The van der Waals surface area contributed by atoms with E-state index in [0.717, 1.165) is 11.1 Å². The molecule has 2 aromatic carbocycles. The molecule has 1 N–H and O–H groups in total. The van der Waals surface area contributed by atoms with E-state index in [1.807, 2.05) is 31.2 Å². The van der Waals surface area contributed by atoms with Gasteiger partial charge in [-0.05, 0) is 51.0 Å². The van der Waals surface area contributed by atoms with Crippen LogP contribution in [0.5, 0.6) is 0 Å². The quantitative estimate of drug-likeness (QED) is 0.453. The first-order chi connectivity index (χ1) is 13.6. The first-order valence-electron chi connectivity index (χ1n) is 9.51. The molecule has 3 rings (SSSR count). The average Bonchev–Trinajstić information content (AvgIpc) is 3.02. The minimum atomic E-state index is -1.03. The summed E-state index contributed by atoms with van der Waals surface area (Å²) in [6.07, 6.45) is 0. The molecular formula is C22H25ClN2O4. The lowest BCUT2D eigenvalue weighted by Gasteiger charge is -2.25. The maximum Gasteiger partial charge on any atom is 0.324 e. The van der Waals surface area contributed by atoms with Gasteiger partial charge in [-0.15, -0.1) is 0 Å². The Labute approximate surface area is 175 Å². The van der Waals surface area contributed by atoms with Gasteiger partial charge in [-0.1, -0.05) is 53.6 Å². The van der Waals surface area contributed by atoms with Crippen molar-refractivity contribution in [1.82, 2.24) is 5.32 Å². The van der Waals surface area contributed by atoms with Gasteiger partial charge in [-0.3, -0.25) is 20.2 Å². The number of ether oxygens (including phenoxy) is 1. The molecule has 1 aliphatic rings. The standard InChI is InChI=1S/C22H25ClN2O4/c1-13-5-7-14(8-6-13)17-19(21(26)29-22(2,3)4)24-18(20(17)25(27)28)15-9-11-16(23)12-10-15/h5-12,17-20,24H,1-4H3/t17-,18+,19+,20+/m1/s1. The van der Waals surface area contributed by atoms with Crippen LogP contribution < -0.4 is 5.32 Å². The average molecular weight is 417 g/mol. The summed E-state index contributed by atoms with van der Waals surface area (Å²) in [5, 5.41) is 15.9. The zero-order chi connectivity index (χ0) is 21.3. The van der Waals surface area contributed by atoms with Crippen molar-refractivity contribution < 1.29 is 14.5 Å². The molecule has 1 aliphatic heterocycles. The summed E-state index contributed by atoms with van der Waals surface area (Å²) in [5.74, 6) is -1.16. The molecule has 0 unspecified atom stereocenters. The van der Waals surface area contributed by atoms with Crippen LogP contribution in [0.15, 0.2) is 48.5 Å². The molecule has 1 heterocycles. The van der Waals surface area contributed by atoms with Crippen LogP contribution in [0.1, 0.15) is 49.4 Å². The van der Waals surface area contributed by atoms with Crippen molar-refractivity contribution in [3.63, 3.8) is 0 Å². The van der Waals surface area contributed by atoms with E-state index in [0.29, 0.717) is 10.6 Å². The summed E-state index contributed by atoms with van der Waals surface area (Å²) in [4.78, 5) is 24.8. The summed E-state index contributed by atoms with van der Waals surface area (Å²) in [6, 6.07) is 11.9. The number of halogens is 1. The molecule has 0 saturated carbocycles. The van der Waals surface area contributed by atoms with E-state index < -0.39 is 35.6 Å². The molecule has 0 aromatic heterocycles. The molecule has 6 nitrogen and oxygen atoms in total. The summed E-state index contributed by atoms with van der Waals surface area (Å²) >= 11 is 5.98. The second-order valence-electron chi connectivity index (χ2n) is 8.42. The van der Waals surface area contributed by atoms with Gasteiger partial charge in [0.2, 0.25) is 6.04 Å². The molecule has 154 valence electrons. The SMILES string of the molecule is Cc1ccc([C@H]2[C@H]([N+](=O)[O-])[C@H](c3ccc(Cl)cc3)N[C@@H]2C(=O)OC(C)(C)C)cc1. The maximum absolute atomic E-state index is 13.0. The molecule has 0 radical (unpaired) electrons. The van der Waals surface area contributed by atoms with Crippen LogP contribution in [-0.2, 0) is 9.53 Å². The number of esters is 1. The van der Waals surface area contributed by atoms with E-state index in [9.17, 15) is 14.9 Å². The molecule has 0 bridgehead atoms. The molecule has 0 aliphatic carbocycles. The predicted octanol–water partition coefficient (Wildman–Crippen LogP) is 4.43. The first-order valence-corrected chi connectivity index (χ1v) is 9.89. The highest BCUT2D eigenvalue weighted by Crippen LogP contribution is 2.41. The summed E-state index contributed by atoms with van der Waals surface area (Å²) < 4.78 is 5.58. The molecule has 1 fully saturated rings. The zero-order valence-electron chi connectivity index (χ0n) is 16.9. The maximum atomic E-state index is 13.0. The Morgan fingerprint density at radius 1 is 1.07 bits per heavy atom. The Morgan fingerprint density at radius 3 is 2.14 bits per heavy atom. The van der Waals surface area contributed by atoms with Gasteiger partial charge < -0.3 is 4.74 Å². The third kappa shape index (κ3) is 4.77. The fourth-order valence-corrected chi connectivity index (χ4v) is 3.90. The number of carbonyl (C=O) groups excluding carboxylic acids is 1. The molecule has 7 heteroatoms. The van der Waals surface area contributed by atoms with Crippen molar-refractivity contribution in [3.8, 4) is 0 Å². The predicted molar refractivity (Wildman–Crippen MR) is 112 cm³/mol. The van der Waals surface area contributed by atoms with E-state index in [-0.39, 0.29) is 4.92 Å². The lowest BCUT2D eigenvalue weighted by Crippen LogP contribution is -2.41. The topological polar surface area (TPSA) is 81.5 Å². The Bertz CT molecular complexity index is 891. The number of benzene rings is 2. The van der Waals surface area contributed by atoms with Crippen molar-refractivity contribution in [3.05, 3.63) is 80.4 Å². The van der Waals surface area contributed by atoms with E-state index >= 15 is 0 Å². The number of hydrogen-bond donors (Lipinski definition) is 1. The van der Waals surface area contributed by atoms with Gasteiger partial charge in [0.1, 0.15) is 17.7 Å². The van der Waals surface area contributed by atoms with E-state index in [4.69, 9.17) is 16.3 Å². The summed E-state index contributed by atoms with van der Waals surface area (Å²) in [6.45, 7) is 7.29. The minimum Gasteiger partial charge on any atom is -0.459 e. The van der Waals surface area contributed by atoms with Crippen LogP contribution in [0, 0.1) is 17.0 Å². The fraction of sp³-hybridized carbons (Fsp3) is 0.409. The number of nitrogens with zero attached hydrogens (tertiary/aromatic N) is 1. The monoisotopic (exact) mass is 416 g/mol. The van der Waals surface area contributed by atoms with Crippen molar-refractivity contribution in [1.29, 1.82) is 0 Å². The van der Waals surface area contributed by atoms with Gasteiger partial charge in [0.15, 0.2) is 0 Å². The molecule has 0 amide bonds. The van der Waals surface area contributed by atoms with Crippen LogP contribution in [0.25, 0.3) is 0 Å². The Morgan fingerprint density at radius 2 is 1.62 bits per heavy atom. The Balaban J connectivity index is 2.06. The highest BCUT2D eigenvalue weighted by Gasteiger charge is 2.55. The number of nitro groups is 1. The smallest absolute Gasteiger partial charge is 0.324 e.